The molecule has 0 unspecified atom stereocenters. The molecule has 0 aliphatic carbocycles. The maximum atomic E-state index is 13.8. The zero-order valence-electron chi connectivity index (χ0n) is 13.4. The number of nitrogens with zero attached hydrogens (tertiary/aromatic N) is 2. The summed E-state index contributed by atoms with van der Waals surface area (Å²) in [5.41, 5.74) is 5.60. The number of benzene rings is 1. The fourth-order valence-electron chi connectivity index (χ4n) is 3.40. The molecule has 0 aromatic heterocycles. The molecule has 2 fully saturated rings. The van der Waals surface area contributed by atoms with E-state index in [1.165, 1.54) is 12.1 Å². The fourth-order valence-corrected chi connectivity index (χ4v) is 3.63. The second-order valence-corrected chi connectivity index (χ2v) is 6.95. The first-order valence-electron chi connectivity index (χ1n) is 8.19. The lowest BCUT2D eigenvalue weighted by atomic mass is 9.93. The number of piperidine rings is 1. The molecule has 1 aromatic carbocycles. The summed E-state index contributed by atoms with van der Waals surface area (Å²) in [4.78, 5) is 27.5. The molecule has 0 spiro atoms. The van der Waals surface area contributed by atoms with Crippen molar-refractivity contribution in [2.75, 3.05) is 26.2 Å². The number of likely N-dealkylation sites (tertiary alicyclic amines) is 2. The number of halogens is 2. The van der Waals surface area contributed by atoms with Crippen molar-refractivity contribution in [3.05, 3.63) is 34.6 Å². The summed E-state index contributed by atoms with van der Waals surface area (Å²) in [5.74, 6) is -0.796. The van der Waals surface area contributed by atoms with E-state index in [-0.39, 0.29) is 34.7 Å². The lowest BCUT2D eigenvalue weighted by Crippen LogP contribution is -2.62. The Kier molecular flexibility index (Phi) is 5.06. The molecule has 2 amide bonds. The lowest BCUT2D eigenvalue weighted by Gasteiger charge is -2.47. The molecule has 2 saturated heterocycles. The number of carbonyl (C=O) groups excluding carboxylic acids is 2. The van der Waals surface area contributed by atoms with E-state index < -0.39 is 5.82 Å². The van der Waals surface area contributed by atoms with Crippen LogP contribution >= 0.6 is 11.6 Å². The van der Waals surface area contributed by atoms with E-state index >= 15 is 0 Å². The van der Waals surface area contributed by atoms with Crippen LogP contribution in [0.1, 0.15) is 18.4 Å². The Hall–Kier alpha value is -1.66. The average Bonchev–Trinajstić information content (AvgIpc) is 2.50. The number of nitrogens with two attached hydrogens (primary N) is 1. The molecular formula is C17H21ClFN3O2. The highest BCUT2D eigenvalue weighted by atomic mass is 35.5. The molecule has 24 heavy (non-hydrogen) atoms. The Morgan fingerprint density at radius 2 is 1.92 bits per heavy atom. The molecule has 0 radical (unpaired) electrons. The molecule has 2 heterocycles. The number of hydrogen-bond donors (Lipinski definition) is 1. The standard InChI is InChI=1S/C17H21ClFN3O2/c18-14-2-1-3-15(19)13(14)8-16(23)22-9-12(10-22)21-6-4-11(5-7-21)17(20)24/h1-3,11-12H,4-10H2,(H2,20,24). The molecule has 2 aliphatic rings. The molecule has 0 bridgehead atoms. The van der Waals surface area contributed by atoms with E-state index in [0.717, 1.165) is 25.9 Å². The van der Waals surface area contributed by atoms with Crippen LogP contribution < -0.4 is 5.73 Å². The van der Waals surface area contributed by atoms with Gasteiger partial charge in [-0.15, -0.1) is 0 Å². The van der Waals surface area contributed by atoms with Gasteiger partial charge in [0.1, 0.15) is 5.82 Å². The number of primary amides is 1. The first kappa shape index (κ1) is 17.2. The third-order valence-electron chi connectivity index (χ3n) is 5.05. The Labute approximate surface area is 145 Å². The number of carbonyl (C=O) groups is 2. The summed E-state index contributed by atoms with van der Waals surface area (Å²) in [7, 11) is 0. The molecule has 7 heteroatoms. The SMILES string of the molecule is NC(=O)C1CCN(C2CN(C(=O)Cc3c(F)cccc3Cl)C2)CC1. The molecule has 130 valence electrons. The maximum absolute atomic E-state index is 13.8. The summed E-state index contributed by atoms with van der Waals surface area (Å²) < 4.78 is 13.8. The molecule has 0 saturated carbocycles. The number of rotatable bonds is 4. The van der Waals surface area contributed by atoms with Crippen LogP contribution in [0.5, 0.6) is 0 Å². The monoisotopic (exact) mass is 353 g/mol. The van der Waals surface area contributed by atoms with Crippen LogP contribution in [-0.4, -0.2) is 53.8 Å². The van der Waals surface area contributed by atoms with Crippen LogP contribution in [0.4, 0.5) is 4.39 Å². The smallest absolute Gasteiger partial charge is 0.227 e. The van der Waals surface area contributed by atoms with Crippen molar-refractivity contribution in [2.24, 2.45) is 11.7 Å². The van der Waals surface area contributed by atoms with Crippen LogP contribution in [0.15, 0.2) is 18.2 Å². The van der Waals surface area contributed by atoms with E-state index in [1.54, 1.807) is 11.0 Å². The molecular weight excluding hydrogens is 333 g/mol. The van der Waals surface area contributed by atoms with Gasteiger partial charge in [-0.2, -0.15) is 0 Å². The van der Waals surface area contributed by atoms with Crippen LogP contribution in [-0.2, 0) is 16.0 Å². The zero-order valence-corrected chi connectivity index (χ0v) is 14.1. The van der Waals surface area contributed by atoms with Crippen molar-refractivity contribution >= 4 is 23.4 Å². The van der Waals surface area contributed by atoms with Crippen LogP contribution in [0.25, 0.3) is 0 Å². The van der Waals surface area contributed by atoms with Crippen LogP contribution in [0.2, 0.25) is 5.02 Å². The van der Waals surface area contributed by atoms with Gasteiger partial charge in [-0.1, -0.05) is 17.7 Å². The Morgan fingerprint density at radius 3 is 2.50 bits per heavy atom. The van der Waals surface area contributed by atoms with Gasteiger partial charge in [0.15, 0.2) is 0 Å². The molecule has 2 N–H and O–H groups in total. The second-order valence-electron chi connectivity index (χ2n) is 6.54. The summed E-state index contributed by atoms with van der Waals surface area (Å²) in [6, 6.07) is 4.76. The molecule has 2 aliphatic heterocycles. The minimum absolute atomic E-state index is 0.0119. The molecule has 3 rings (SSSR count). The summed E-state index contributed by atoms with van der Waals surface area (Å²) >= 11 is 5.97. The van der Waals surface area contributed by atoms with Gasteiger partial charge in [0, 0.05) is 35.6 Å². The van der Waals surface area contributed by atoms with Crippen molar-refractivity contribution < 1.29 is 14.0 Å². The summed E-state index contributed by atoms with van der Waals surface area (Å²) in [6.45, 7) is 2.96. The van der Waals surface area contributed by atoms with E-state index in [2.05, 4.69) is 4.90 Å². The summed E-state index contributed by atoms with van der Waals surface area (Å²) in [5, 5.41) is 0.286. The molecule has 0 atom stereocenters. The van der Waals surface area contributed by atoms with Crippen molar-refractivity contribution in [2.45, 2.75) is 25.3 Å². The highest BCUT2D eigenvalue weighted by Gasteiger charge is 2.37. The third kappa shape index (κ3) is 3.54. The van der Waals surface area contributed by atoms with Gasteiger partial charge >= 0.3 is 0 Å². The van der Waals surface area contributed by atoms with Crippen LogP contribution in [0, 0.1) is 11.7 Å². The predicted molar refractivity (Wildman–Crippen MR) is 89.0 cm³/mol. The Bertz CT molecular complexity index is 620. The Morgan fingerprint density at radius 1 is 1.25 bits per heavy atom. The van der Waals surface area contributed by atoms with Crippen molar-refractivity contribution in [3.63, 3.8) is 0 Å². The van der Waals surface area contributed by atoms with Gasteiger partial charge in [-0.05, 0) is 38.1 Å². The predicted octanol–water partition coefficient (Wildman–Crippen LogP) is 1.43. The normalized spacial score (nSPS) is 20.0. The lowest BCUT2D eigenvalue weighted by molar-refractivity contribution is -0.138. The fraction of sp³-hybridized carbons (Fsp3) is 0.529. The van der Waals surface area contributed by atoms with Gasteiger partial charge < -0.3 is 10.6 Å². The highest BCUT2D eigenvalue weighted by Crippen LogP contribution is 2.25. The minimum atomic E-state index is -0.443. The van der Waals surface area contributed by atoms with Gasteiger partial charge in [-0.25, -0.2) is 4.39 Å². The van der Waals surface area contributed by atoms with Crippen molar-refractivity contribution in [1.82, 2.24) is 9.80 Å². The maximum Gasteiger partial charge on any atom is 0.227 e. The largest absolute Gasteiger partial charge is 0.369 e. The van der Waals surface area contributed by atoms with Crippen molar-refractivity contribution in [1.29, 1.82) is 0 Å². The average molecular weight is 354 g/mol. The topological polar surface area (TPSA) is 66.6 Å². The highest BCUT2D eigenvalue weighted by molar-refractivity contribution is 6.31. The van der Waals surface area contributed by atoms with Gasteiger partial charge in [0.2, 0.25) is 11.8 Å². The number of hydrogen-bond acceptors (Lipinski definition) is 3. The molecule has 1 aromatic rings. The van der Waals surface area contributed by atoms with E-state index in [0.29, 0.717) is 19.1 Å². The molecule has 5 nitrogen and oxygen atoms in total. The number of amides is 2. The Balaban J connectivity index is 1.48. The first-order valence-corrected chi connectivity index (χ1v) is 8.57. The minimum Gasteiger partial charge on any atom is -0.369 e. The summed E-state index contributed by atoms with van der Waals surface area (Å²) in [6.07, 6.45) is 1.55. The van der Waals surface area contributed by atoms with E-state index in [4.69, 9.17) is 17.3 Å². The van der Waals surface area contributed by atoms with E-state index in [1.807, 2.05) is 0 Å². The van der Waals surface area contributed by atoms with Crippen LogP contribution in [0.3, 0.4) is 0 Å². The van der Waals surface area contributed by atoms with Gasteiger partial charge in [-0.3, -0.25) is 14.5 Å². The second kappa shape index (κ2) is 7.07. The van der Waals surface area contributed by atoms with E-state index in [9.17, 15) is 14.0 Å². The third-order valence-corrected chi connectivity index (χ3v) is 5.41. The first-order chi connectivity index (χ1) is 11.5. The van der Waals surface area contributed by atoms with Gasteiger partial charge in [0.05, 0.1) is 6.42 Å². The van der Waals surface area contributed by atoms with Crippen molar-refractivity contribution in [3.8, 4) is 0 Å². The quantitative estimate of drug-likeness (QED) is 0.890. The zero-order chi connectivity index (χ0) is 17.3. The van der Waals surface area contributed by atoms with Gasteiger partial charge in [0.25, 0.3) is 0 Å².